The molecule has 0 bridgehead atoms. The Labute approximate surface area is 167 Å². The third-order valence-corrected chi connectivity index (χ3v) is 4.68. The number of urea groups is 1. The first-order valence-electron chi connectivity index (χ1n) is 8.88. The topological polar surface area (TPSA) is 102 Å². The second-order valence-corrected chi connectivity index (χ2v) is 6.60. The molecule has 0 aliphatic carbocycles. The molecule has 1 aliphatic heterocycles. The van der Waals surface area contributed by atoms with Gasteiger partial charge in [0.2, 0.25) is 5.78 Å². The van der Waals surface area contributed by atoms with Crippen LogP contribution in [0.1, 0.15) is 22.8 Å². The standard InChI is InChI=1S/C21H20N2O6/c1-21(14-8-4-3-5-9-14)19(26)23(20(27)22-21)12-18(25)29-13-16(24)15-10-6-7-11-17(15)28-2/h3-11H,12-13H2,1-2H3,(H,22,27)/t21-/m1/s1. The van der Waals surface area contributed by atoms with Crippen LogP contribution < -0.4 is 10.1 Å². The summed E-state index contributed by atoms with van der Waals surface area (Å²) >= 11 is 0. The fourth-order valence-electron chi connectivity index (χ4n) is 3.08. The van der Waals surface area contributed by atoms with Gasteiger partial charge in [-0.3, -0.25) is 19.3 Å². The number of nitrogens with one attached hydrogen (secondary N) is 1. The summed E-state index contributed by atoms with van der Waals surface area (Å²) in [7, 11) is 1.43. The molecular formula is C21H20N2O6. The van der Waals surface area contributed by atoms with E-state index in [9.17, 15) is 19.2 Å². The van der Waals surface area contributed by atoms with E-state index in [-0.39, 0.29) is 5.56 Å². The Bertz CT molecular complexity index is 959. The van der Waals surface area contributed by atoms with Gasteiger partial charge in [-0.1, -0.05) is 42.5 Å². The quantitative estimate of drug-likeness (QED) is 0.436. The van der Waals surface area contributed by atoms with Gasteiger partial charge in [0, 0.05) is 0 Å². The van der Waals surface area contributed by atoms with Gasteiger partial charge in [-0.2, -0.15) is 0 Å². The number of para-hydroxylation sites is 1. The van der Waals surface area contributed by atoms with Crippen molar-refractivity contribution in [1.82, 2.24) is 10.2 Å². The molecule has 1 aliphatic rings. The van der Waals surface area contributed by atoms with Crippen LogP contribution in [0.25, 0.3) is 0 Å². The number of amides is 3. The second kappa shape index (κ2) is 8.14. The van der Waals surface area contributed by atoms with Crippen molar-refractivity contribution in [3.8, 4) is 5.75 Å². The molecule has 0 unspecified atom stereocenters. The summed E-state index contributed by atoms with van der Waals surface area (Å²) in [6.45, 7) is 0.449. The van der Waals surface area contributed by atoms with Gasteiger partial charge in [0.1, 0.15) is 17.8 Å². The van der Waals surface area contributed by atoms with Crippen LogP contribution in [0.4, 0.5) is 4.79 Å². The molecule has 8 heteroatoms. The molecule has 150 valence electrons. The number of hydrogen-bond acceptors (Lipinski definition) is 6. The Morgan fingerprint density at radius 2 is 1.69 bits per heavy atom. The van der Waals surface area contributed by atoms with E-state index in [2.05, 4.69) is 5.32 Å². The molecule has 2 aromatic carbocycles. The van der Waals surface area contributed by atoms with E-state index in [1.54, 1.807) is 61.5 Å². The van der Waals surface area contributed by atoms with Crippen LogP contribution in [-0.4, -0.2) is 48.9 Å². The molecule has 3 amide bonds. The minimum absolute atomic E-state index is 0.273. The minimum atomic E-state index is -1.27. The highest BCUT2D eigenvalue weighted by Crippen LogP contribution is 2.28. The van der Waals surface area contributed by atoms with Crippen molar-refractivity contribution in [1.29, 1.82) is 0 Å². The SMILES string of the molecule is COc1ccccc1C(=O)COC(=O)CN1C(=O)N[C@](C)(c2ccccc2)C1=O. The number of methoxy groups -OCH3 is 1. The number of nitrogens with zero attached hydrogens (tertiary/aromatic N) is 1. The number of benzene rings is 2. The van der Waals surface area contributed by atoms with E-state index in [0.717, 1.165) is 4.90 Å². The lowest BCUT2D eigenvalue weighted by Crippen LogP contribution is -2.41. The van der Waals surface area contributed by atoms with E-state index in [4.69, 9.17) is 9.47 Å². The Hall–Kier alpha value is -3.68. The average Bonchev–Trinajstić information content (AvgIpc) is 2.96. The number of Topliss-reactive ketones (excluding diaryl/α,β-unsaturated/α-hetero) is 1. The normalized spacial score (nSPS) is 18.3. The van der Waals surface area contributed by atoms with Gasteiger partial charge in [0.15, 0.2) is 6.61 Å². The van der Waals surface area contributed by atoms with Crippen molar-refractivity contribution in [3.05, 3.63) is 65.7 Å². The van der Waals surface area contributed by atoms with Gasteiger partial charge in [0.25, 0.3) is 5.91 Å². The highest BCUT2D eigenvalue weighted by atomic mass is 16.5. The Morgan fingerprint density at radius 3 is 2.38 bits per heavy atom. The molecule has 1 N–H and O–H groups in total. The van der Waals surface area contributed by atoms with Crippen molar-refractivity contribution < 1.29 is 28.7 Å². The van der Waals surface area contributed by atoms with Gasteiger partial charge < -0.3 is 14.8 Å². The molecule has 3 rings (SSSR count). The Balaban J connectivity index is 1.63. The maximum Gasteiger partial charge on any atom is 0.326 e. The van der Waals surface area contributed by atoms with Crippen molar-refractivity contribution in [2.24, 2.45) is 0 Å². The summed E-state index contributed by atoms with van der Waals surface area (Å²) in [5.74, 6) is -1.53. The van der Waals surface area contributed by atoms with Crippen molar-refractivity contribution in [2.75, 3.05) is 20.3 Å². The molecular weight excluding hydrogens is 376 g/mol. The lowest BCUT2D eigenvalue weighted by molar-refractivity contribution is -0.146. The Kier molecular flexibility index (Phi) is 5.63. The number of ketones is 1. The second-order valence-electron chi connectivity index (χ2n) is 6.60. The molecule has 1 saturated heterocycles. The van der Waals surface area contributed by atoms with E-state index < -0.39 is 42.4 Å². The first-order valence-corrected chi connectivity index (χ1v) is 8.88. The zero-order chi connectivity index (χ0) is 21.0. The average molecular weight is 396 g/mol. The minimum Gasteiger partial charge on any atom is -0.496 e. The fourth-order valence-corrected chi connectivity index (χ4v) is 3.08. The van der Waals surface area contributed by atoms with Crippen molar-refractivity contribution in [2.45, 2.75) is 12.5 Å². The van der Waals surface area contributed by atoms with Crippen LogP contribution in [0.5, 0.6) is 5.75 Å². The van der Waals surface area contributed by atoms with Gasteiger partial charge in [0.05, 0.1) is 12.7 Å². The molecule has 1 heterocycles. The zero-order valence-corrected chi connectivity index (χ0v) is 16.0. The highest BCUT2D eigenvalue weighted by molar-refractivity contribution is 6.09. The lowest BCUT2D eigenvalue weighted by Gasteiger charge is -2.21. The van der Waals surface area contributed by atoms with Gasteiger partial charge >= 0.3 is 12.0 Å². The molecule has 0 radical (unpaired) electrons. The predicted octanol–water partition coefficient (Wildman–Crippen LogP) is 1.89. The van der Waals surface area contributed by atoms with Crippen LogP contribution >= 0.6 is 0 Å². The maximum atomic E-state index is 12.8. The lowest BCUT2D eigenvalue weighted by atomic mass is 9.92. The number of rotatable bonds is 7. The van der Waals surface area contributed by atoms with Crippen LogP contribution in [0.15, 0.2) is 54.6 Å². The fraction of sp³-hybridized carbons (Fsp3) is 0.238. The largest absolute Gasteiger partial charge is 0.496 e. The van der Waals surface area contributed by atoms with Gasteiger partial charge in [-0.05, 0) is 24.6 Å². The number of carbonyl (C=O) groups excluding carboxylic acids is 4. The molecule has 1 atom stereocenters. The van der Waals surface area contributed by atoms with Gasteiger partial charge in [-0.15, -0.1) is 0 Å². The first-order chi connectivity index (χ1) is 13.9. The van der Waals surface area contributed by atoms with E-state index in [0.29, 0.717) is 11.3 Å². The third kappa shape index (κ3) is 3.96. The summed E-state index contributed by atoms with van der Waals surface area (Å²) in [5.41, 5.74) is -0.402. The summed E-state index contributed by atoms with van der Waals surface area (Å²) in [4.78, 5) is 50.2. The van der Waals surface area contributed by atoms with E-state index in [1.807, 2.05) is 0 Å². The molecule has 0 spiro atoms. The third-order valence-electron chi connectivity index (χ3n) is 4.68. The molecule has 29 heavy (non-hydrogen) atoms. The number of carbonyl (C=O) groups is 4. The van der Waals surface area contributed by atoms with Crippen molar-refractivity contribution >= 4 is 23.7 Å². The molecule has 0 saturated carbocycles. The molecule has 1 fully saturated rings. The smallest absolute Gasteiger partial charge is 0.326 e. The van der Waals surface area contributed by atoms with E-state index in [1.165, 1.54) is 7.11 Å². The van der Waals surface area contributed by atoms with Crippen LogP contribution in [0, 0.1) is 0 Å². The maximum absolute atomic E-state index is 12.8. The summed E-state index contributed by atoms with van der Waals surface area (Å²) in [5, 5.41) is 2.60. The van der Waals surface area contributed by atoms with Gasteiger partial charge in [-0.25, -0.2) is 4.79 Å². The molecule has 8 nitrogen and oxygen atoms in total. The number of esters is 1. The molecule has 2 aromatic rings. The van der Waals surface area contributed by atoms with Crippen LogP contribution in [0.3, 0.4) is 0 Å². The summed E-state index contributed by atoms with van der Waals surface area (Å²) in [6.07, 6.45) is 0. The number of ether oxygens (including phenoxy) is 2. The summed E-state index contributed by atoms with van der Waals surface area (Å²) < 4.78 is 10.1. The number of imide groups is 1. The predicted molar refractivity (Wildman–Crippen MR) is 102 cm³/mol. The summed E-state index contributed by atoms with van der Waals surface area (Å²) in [6, 6.07) is 14.6. The highest BCUT2D eigenvalue weighted by Gasteiger charge is 2.49. The molecule has 0 aromatic heterocycles. The van der Waals surface area contributed by atoms with Crippen LogP contribution in [0.2, 0.25) is 0 Å². The van der Waals surface area contributed by atoms with Crippen molar-refractivity contribution in [3.63, 3.8) is 0 Å². The van der Waals surface area contributed by atoms with E-state index >= 15 is 0 Å². The first kappa shape index (κ1) is 20.1. The van der Waals surface area contributed by atoms with Crippen LogP contribution in [-0.2, 0) is 19.9 Å². The number of hydrogen-bond donors (Lipinski definition) is 1. The zero-order valence-electron chi connectivity index (χ0n) is 16.0. The monoisotopic (exact) mass is 396 g/mol. The Morgan fingerprint density at radius 1 is 1.03 bits per heavy atom.